The Morgan fingerprint density at radius 2 is 1.67 bits per heavy atom. The summed E-state index contributed by atoms with van der Waals surface area (Å²) >= 11 is 0. The molecule has 30 heavy (non-hydrogen) atoms. The highest BCUT2D eigenvalue weighted by atomic mass is 32.2. The van der Waals surface area contributed by atoms with Gasteiger partial charge < -0.3 is 5.32 Å². The molecule has 1 N–H and O–H groups in total. The molecule has 154 valence electrons. The van der Waals surface area contributed by atoms with Crippen LogP contribution >= 0.6 is 0 Å². The number of carbonyl (C=O) groups is 1. The van der Waals surface area contributed by atoms with Crippen LogP contribution in [0, 0.1) is 13.8 Å². The molecule has 0 unspecified atom stereocenters. The van der Waals surface area contributed by atoms with Gasteiger partial charge in [-0.1, -0.05) is 42.0 Å². The van der Waals surface area contributed by atoms with Gasteiger partial charge in [0.05, 0.1) is 17.1 Å². The fourth-order valence-electron chi connectivity index (χ4n) is 3.11. The summed E-state index contributed by atoms with van der Waals surface area (Å²) in [4.78, 5) is 12.8. The molecule has 0 aromatic heterocycles. The van der Waals surface area contributed by atoms with E-state index in [-0.39, 0.29) is 17.3 Å². The molecule has 0 aliphatic rings. The van der Waals surface area contributed by atoms with Crippen molar-refractivity contribution in [2.75, 3.05) is 16.2 Å². The second kappa shape index (κ2) is 8.97. The van der Waals surface area contributed by atoms with Crippen LogP contribution in [0.5, 0.6) is 0 Å². The highest BCUT2D eigenvalue weighted by Gasteiger charge is 2.24. The Hall–Kier alpha value is -3.38. The summed E-state index contributed by atoms with van der Waals surface area (Å²) < 4.78 is 27.4. The van der Waals surface area contributed by atoms with E-state index in [2.05, 4.69) is 11.9 Å². The van der Waals surface area contributed by atoms with Crippen molar-refractivity contribution in [2.24, 2.45) is 0 Å². The zero-order valence-corrected chi connectivity index (χ0v) is 17.8. The third kappa shape index (κ3) is 4.60. The number of amides is 1. The lowest BCUT2D eigenvalue weighted by molar-refractivity contribution is 0.102. The number of nitrogens with one attached hydrogen (secondary N) is 1. The van der Waals surface area contributed by atoms with Crippen molar-refractivity contribution in [3.05, 3.63) is 102 Å². The van der Waals surface area contributed by atoms with Crippen LogP contribution < -0.4 is 9.62 Å². The Kier molecular flexibility index (Phi) is 6.37. The lowest BCUT2D eigenvalue weighted by Crippen LogP contribution is -2.31. The SMILES string of the molecule is C=CCN(c1ccc(C(=O)Nc2ccc(C)cc2C)cc1)S(=O)(=O)c1ccccc1. The van der Waals surface area contributed by atoms with E-state index in [4.69, 9.17) is 0 Å². The van der Waals surface area contributed by atoms with Crippen molar-refractivity contribution >= 4 is 27.3 Å². The van der Waals surface area contributed by atoms with Crippen molar-refractivity contribution in [2.45, 2.75) is 18.7 Å². The van der Waals surface area contributed by atoms with Gasteiger partial charge in [-0.15, -0.1) is 6.58 Å². The molecular weight excluding hydrogens is 396 g/mol. The Morgan fingerprint density at radius 3 is 2.27 bits per heavy atom. The van der Waals surface area contributed by atoms with Crippen LogP contribution in [0.25, 0.3) is 0 Å². The maximum absolute atomic E-state index is 13.0. The van der Waals surface area contributed by atoms with E-state index in [1.54, 1.807) is 54.6 Å². The van der Waals surface area contributed by atoms with E-state index in [9.17, 15) is 13.2 Å². The Bertz CT molecular complexity index is 1150. The number of sulfonamides is 1. The molecule has 1 amide bonds. The van der Waals surface area contributed by atoms with Crippen molar-refractivity contribution in [3.63, 3.8) is 0 Å². The first-order valence-corrected chi connectivity index (χ1v) is 10.9. The lowest BCUT2D eigenvalue weighted by Gasteiger charge is -2.23. The Balaban J connectivity index is 1.85. The van der Waals surface area contributed by atoms with Crippen LogP contribution in [0.3, 0.4) is 0 Å². The molecule has 0 saturated heterocycles. The van der Waals surface area contributed by atoms with Gasteiger partial charge in [0.2, 0.25) is 0 Å². The molecule has 0 bridgehead atoms. The zero-order valence-electron chi connectivity index (χ0n) is 17.0. The fourth-order valence-corrected chi connectivity index (χ4v) is 4.56. The van der Waals surface area contributed by atoms with E-state index in [1.807, 2.05) is 32.0 Å². The number of carbonyl (C=O) groups excluding carboxylic acids is 1. The third-order valence-corrected chi connectivity index (χ3v) is 6.48. The van der Waals surface area contributed by atoms with Crippen LogP contribution in [0.2, 0.25) is 0 Å². The quantitative estimate of drug-likeness (QED) is 0.551. The van der Waals surface area contributed by atoms with Crippen LogP contribution in [0.15, 0.2) is 90.3 Å². The minimum atomic E-state index is -3.75. The first-order chi connectivity index (χ1) is 14.3. The van der Waals surface area contributed by atoms with Gasteiger partial charge in [-0.3, -0.25) is 9.10 Å². The summed E-state index contributed by atoms with van der Waals surface area (Å²) in [6, 6.07) is 20.5. The van der Waals surface area contributed by atoms with Crippen molar-refractivity contribution < 1.29 is 13.2 Å². The number of rotatable bonds is 7. The average molecular weight is 421 g/mol. The maximum atomic E-state index is 13.0. The summed E-state index contributed by atoms with van der Waals surface area (Å²) in [6.07, 6.45) is 1.53. The van der Waals surface area contributed by atoms with Crippen molar-refractivity contribution in [3.8, 4) is 0 Å². The van der Waals surface area contributed by atoms with Gasteiger partial charge in [0.25, 0.3) is 15.9 Å². The van der Waals surface area contributed by atoms with Crippen molar-refractivity contribution in [1.29, 1.82) is 0 Å². The minimum absolute atomic E-state index is 0.116. The number of benzene rings is 3. The smallest absolute Gasteiger partial charge is 0.264 e. The van der Waals surface area contributed by atoms with Crippen LogP contribution in [-0.4, -0.2) is 20.9 Å². The van der Waals surface area contributed by atoms with E-state index in [0.29, 0.717) is 11.3 Å². The van der Waals surface area contributed by atoms with Crippen molar-refractivity contribution in [1.82, 2.24) is 0 Å². The predicted octanol–water partition coefficient (Wildman–Crippen LogP) is 4.94. The molecule has 0 atom stereocenters. The van der Waals surface area contributed by atoms with Gasteiger partial charge in [0.15, 0.2) is 0 Å². The molecule has 0 aliphatic heterocycles. The second-order valence-corrected chi connectivity index (χ2v) is 8.82. The molecule has 0 radical (unpaired) electrons. The van der Waals surface area contributed by atoms with E-state index >= 15 is 0 Å². The van der Waals surface area contributed by atoms with Crippen LogP contribution in [-0.2, 0) is 10.0 Å². The summed E-state index contributed by atoms with van der Waals surface area (Å²) in [7, 11) is -3.75. The fraction of sp³-hybridized carbons (Fsp3) is 0.125. The lowest BCUT2D eigenvalue weighted by atomic mass is 10.1. The maximum Gasteiger partial charge on any atom is 0.264 e. The molecule has 6 heteroatoms. The monoisotopic (exact) mass is 420 g/mol. The molecule has 0 saturated carbocycles. The number of anilines is 2. The van der Waals surface area contributed by atoms with Crippen LogP contribution in [0.4, 0.5) is 11.4 Å². The molecule has 0 aliphatic carbocycles. The van der Waals surface area contributed by atoms with Gasteiger partial charge in [0, 0.05) is 11.3 Å². The minimum Gasteiger partial charge on any atom is -0.322 e. The molecule has 0 spiro atoms. The number of nitrogens with zero attached hydrogens (tertiary/aromatic N) is 1. The van der Waals surface area contributed by atoms with Gasteiger partial charge in [0.1, 0.15) is 0 Å². The molecule has 3 aromatic rings. The first-order valence-electron chi connectivity index (χ1n) is 9.50. The summed E-state index contributed by atoms with van der Waals surface area (Å²) in [5, 5.41) is 2.90. The number of hydrogen-bond donors (Lipinski definition) is 1. The van der Waals surface area contributed by atoms with E-state index in [1.165, 1.54) is 10.4 Å². The van der Waals surface area contributed by atoms with E-state index < -0.39 is 10.0 Å². The summed E-state index contributed by atoms with van der Waals surface area (Å²) in [6.45, 7) is 7.72. The van der Waals surface area contributed by atoms with Gasteiger partial charge >= 0.3 is 0 Å². The molecule has 3 rings (SSSR count). The van der Waals surface area contributed by atoms with Gasteiger partial charge in [-0.25, -0.2) is 8.42 Å². The normalized spacial score (nSPS) is 11.0. The number of aryl methyl sites for hydroxylation is 2. The second-order valence-electron chi connectivity index (χ2n) is 6.96. The Labute approximate surface area is 177 Å². The predicted molar refractivity (Wildman–Crippen MR) is 121 cm³/mol. The van der Waals surface area contributed by atoms with Crippen LogP contribution in [0.1, 0.15) is 21.5 Å². The largest absolute Gasteiger partial charge is 0.322 e. The summed E-state index contributed by atoms with van der Waals surface area (Å²) in [5.74, 6) is -0.255. The van der Waals surface area contributed by atoms with Gasteiger partial charge in [-0.2, -0.15) is 0 Å². The van der Waals surface area contributed by atoms with E-state index in [0.717, 1.165) is 16.8 Å². The topological polar surface area (TPSA) is 66.5 Å². The molecular formula is C24H24N2O3S. The highest BCUT2D eigenvalue weighted by Crippen LogP contribution is 2.24. The zero-order chi connectivity index (χ0) is 21.7. The first kappa shape index (κ1) is 21.3. The standard InChI is InChI=1S/C24H24N2O3S/c1-4-16-26(30(28,29)22-8-6-5-7-9-22)21-13-11-20(12-14-21)24(27)25-23-15-10-18(2)17-19(23)3/h4-15,17H,1,16H2,2-3H3,(H,25,27). The summed E-state index contributed by atoms with van der Waals surface area (Å²) in [5.41, 5.74) is 3.74. The number of hydrogen-bond acceptors (Lipinski definition) is 3. The molecule has 5 nitrogen and oxygen atoms in total. The highest BCUT2D eigenvalue weighted by molar-refractivity contribution is 7.92. The molecule has 3 aromatic carbocycles. The Morgan fingerprint density at radius 1 is 1.00 bits per heavy atom. The van der Waals surface area contributed by atoms with Gasteiger partial charge in [-0.05, 0) is 61.9 Å². The molecule has 0 heterocycles. The average Bonchev–Trinajstić information content (AvgIpc) is 2.74. The third-order valence-electron chi connectivity index (χ3n) is 4.67. The molecule has 0 fully saturated rings.